The SMILES string of the molecule is CC(C)Cc1nc(Cc2ccc(-c3ccccc3C(=O)O)cc2)n(C2CCCCC2)n1. The Morgan fingerprint density at radius 3 is 2.45 bits per heavy atom. The minimum absolute atomic E-state index is 0.325. The zero-order valence-electron chi connectivity index (χ0n) is 18.4. The molecule has 1 N–H and O–H groups in total. The Bertz CT molecular complexity index is 1030. The topological polar surface area (TPSA) is 68.0 Å². The molecule has 0 spiro atoms. The van der Waals surface area contributed by atoms with Gasteiger partial charge in [-0.15, -0.1) is 0 Å². The van der Waals surface area contributed by atoms with E-state index in [2.05, 4.69) is 30.7 Å². The van der Waals surface area contributed by atoms with Gasteiger partial charge in [0.05, 0.1) is 11.6 Å². The van der Waals surface area contributed by atoms with E-state index >= 15 is 0 Å². The molecule has 0 bridgehead atoms. The molecule has 3 aromatic rings. The van der Waals surface area contributed by atoms with E-state index in [1.807, 2.05) is 24.3 Å². The van der Waals surface area contributed by atoms with E-state index in [1.54, 1.807) is 12.1 Å². The summed E-state index contributed by atoms with van der Waals surface area (Å²) < 4.78 is 2.20. The smallest absolute Gasteiger partial charge is 0.336 e. The van der Waals surface area contributed by atoms with Crippen LogP contribution in [-0.2, 0) is 12.8 Å². The van der Waals surface area contributed by atoms with Gasteiger partial charge in [-0.05, 0) is 41.5 Å². The van der Waals surface area contributed by atoms with E-state index in [4.69, 9.17) is 10.1 Å². The second kappa shape index (κ2) is 9.46. The first-order chi connectivity index (χ1) is 15.0. The highest BCUT2D eigenvalue weighted by Gasteiger charge is 2.21. The fourth-order valence-corrected chi connectivity index (χ4v) is 4.50. The molecule has 1 fully saturated rings. The Morgan fingerprint density at radius 1 is 1.06 bits per heavy atom. The number of hydrogen-bond acceptors (Lipinski definition) is 3. The van der Waals surface area contributed by atoms with E-state index < -0.39 is 5.97 Å². The predicted octanol–water partition coefficient (Wildman–Crippen LogP) is 5.94. The Hall–Kier alpha value is -2.95. The average Bonchev–Trinajstić information content (AvgIpc) is 3.16. The molecule has 162 valence electrons. The summed E-state index contributed by atoms with van der Waals surface area (Å²) >= 11 is 0. The van der Waals surface area contributed by atoms with Crippen molar-refractivity contribution in [2.75, 3.05) is 0 Å². The first-order valence-electron chi connectivity index (χ1n) is 11.4. The van der Waals surface area contributed by atoms with Crippen LogP contribution in [-0.4, -0.2) is 25.8 Å². The van der Waals surface area contributed by atoms with Crippen LogP contribution >= 0.6 is 0 Å². The molecular weight excluding hydrogens is 386 g/mol. The predicted molar refractivity (Wildman–Crippen MR) is 122 cm³/mol. The van der Waals surface area contributed by atoms with Crippen molar-refractivity contribution >= 4 is 5.97 Å². The van der Waals surface area contributed by atoms with Crippen molar-refractivity contribution in [2.24, 2.45) is 5.92 Å². The van der Waals surface area contributed by atoms with Gasteiger partial charge < -0.3 is 5.11 Å². The summed E-state index contributed by atoms with van der Waals surface area (Å²) in [6.45, 7) is 4.41. The van der Waals surface area contributed by atoms with Gasteiger partial charge in [0.15, 0.2) is 5.82 Å². The summed E-state index contributed by atoms with van der Waals surface area (Å²) in [5.74, 6) is 1.62. The number of nitrogens with zero attached hydrogens (tertiary/aromatic N) is 3. The molecule has 1 aliphatic carbocycles. The third-order valence-corrected chi connectivity index (χ3v) is 6.04. The molecule has 0 radical (unpaired) electrons. The van der Waals surface area contributed by atoms with Gasteiger partial charge in [-0.25, -0.2) is 14.5 Å². The molecule has 5 nitrogen and oxygen atoms in total. The summed E-state index contributed by atoms with van der Waals surface area (Å²) in [5.41, 5.74) is 3.14. The maximum absolute atomic E-state index is 11.6. The van der Waals surface area contributed by atoms with Crippen molar-refractivity contribution in [3.05, 3.63) is 71.3 Å². The Balaban J connectivity index is 1.59. The lowest BCUT2D eigenvalue weighted by molar-refractivity contribution is 0.0697. The molecule has 0 atom stereocenters. The van der Waals surface area contributed by atoms with Crippen LogP contribution in [0.3, 0.4) is 0 Å². The van der Waals surface area contributed by atoms with Gasteiger partial charge in [-0.1, -0.05) is 75.6 Å². The van der Waals surface area contributed by atoms with Crippen molar-refractivity contribution in [3.8, 4) is 11.1 Å². The number of carbonyl (C=O) groups is 1. The molecule has 31 heavy (non-hydrogen) atoms. The number of rotatable bonds is 7. The molecule has 0 amide bonds. The van der Waals surface area contributed by atoms with E-state index in [9.17, 15) is 9.90 Å². The van der Waals surface area contributed by atoms with Gasteiger partial charge in [0.2, 0.25) is 0 Å². The maximum atomic E-state index is 11.6. The summed E-state index contributed by atoms with van der Waals surface area (Å²) in [6.07, 6.45) is 7.85. The maximum Gasteiger partial charge on any atom is 0.336 e. The molecule has 0 saturated heterocycles. The number of aromatic carboxylic acids is 1. The second-order valence-electron chi connectivity index (χ2n) is 9.00. The first-order valence-corrected chi connectivity index (χ1v) is 11.4. The van der Waals surface area contributed by atoms with Gasteiger partial charge in [0.25, 0.3) is 0 Å². The normalized spacial score (nSPS) is 14.8. The summed E-state index contributed by atoms with van der Waals surface area (Å²) in [4.78, 5) is 16.5. The summed E-state index contributed by atoms with van der Waals surface area (Å²) in [6, 6.07) is 15.8. The zero-order chi connectivity index (χ0) is 21.8. The van der Waals surface area contributed by atoms with Crippen LogP contribution < -0.4 is 0 Å². The van der Waals surface area contributed by atoms with Gasteiger partial charge >= 0.3 is 5.97 Å². The van der Waals surface area contributed by atoms with E-state index in [0.29, 0.717) is 17.5 Å². The Labute approximate surface area is 184 Å². The van der Waals surface area contributed by atoms with Crippen LogP contribution in [0.1, 0.15) is 79.6 Å². The van der Waals surface area contributed by atoms with Crippen molar-refractivity contribution in [1.82, 2.24) is 14.8 Å². The largest absolute Gasteiger partial charge is 0.478 e. The highest BCUT2D eigenvalue weighted by molar-refractivity contribution is 5.95. The number of hydrogen-bond donors (Lipinski definition) is 1. The zero-order valence-corrected chi connectivity index (χ0v) is 18.4. The van der Waals surface area contributed by atoms with Crippen LogP contribution in [0.25, 0.3) is 11.1 Å². The molecular formula is C26H31N3O2. The molecule has 5 heteroatoms. The van der Waals surface area contributed by atoms with Crippen LogP contribution in [0.2, 0.25) is 0 Å². The Kier molecular flexibility index (Phi) is 6.50. The van der Waals surface area contributed by atoms with E-state index in [0.717, 1.165) is 41.2 Å². The van der Waals surface area contributed by atoms with Crippen molar-refractivity contribution in [3.63, 3.8) is 0 Å². The van der Waals surface area contributed by atoms with Crippen molar-refractivity contribution < 1.29 is 9.90 Å². The van der Waals surface area contributed by atoms with Crippen LogP contribution in [0.5, 0.6) is 0 Å². The lowest BCUT2D eigenvalue weighted by Crippen LogP contribution is -2.17. The third kappa shape index (κ3) is 5.04. The molecule has 1 heterocycles. The monoisotopic (exact) mass is 417 g/mol. The second-order valence-corrected chi connectivity index (χ2v) is 9.00. The first kappa shape index (κ1) is 21.3. The summed E-state index contributed by atoms with van der Waals surface area (Å²) in [5, 5.41) is 14.4. The van der Waals surface area contributed by atoms with Gasteiger partial charge in [-0.2, -0.15) is 5.10 Å². The molecule has 1 aromatic heterocycles. The summed E-state index contributed by atoms with van der Waals surface area (Å²) in [7, 11) is 0. The molecule has 4 rings (SSSR count). The standard InChI is InChI=1S/C26H31N3O2/c1-18(2)16-24-27-25(29(28-24)21-8-4-3-5-9-21)17-19-12-14-20(15-13-19)22-10-6-7-11-23(22)26(30)31/h6-7,10-15,18,21H,3-5,8-9,16-17H2,1-2H3,(H,30,31). The minimum Gasteiger partial charge on any atom is -0.478 e. The number of carboxylic acid groups (broad SMARTS) is 1. The minimum atomic E-state index is -0.905. The van der Waals surface area contributed by atoms with Crippen LogP contribution in [0, 0.1) is 5.92 Å². The van der Waals surface area contributed by atoms with E-state index in [-0.39, 0.29) is 0 Å². The highest BCUT2D eigenvalue weighted by atomic mass is 16.4. The molecule has 1 saturated carbocycles. The molecule has 2 aromatic carbocycles. The Morgan fingerprint density at radius 2 is 1.77 bits per heavy atom. The van der Waals surface area contributed by atoms with Crippen LogP contribution in [0.4, 0.5) is 0 Å². The lowest BCUT2D eigenvalue weighted by atomic mass is 9.95. The highest BCUT2D eigenvalue weighted by Crippen LogP contribution is 2.30. The fourth-order valence-electron chi connectivity index (χ4n) is 4.50. The van der Waals surface area contributed by atoms with Crippen LogP contribution in [0.15, 0.2) is 48.5 Å². The van der Waals surface area contributed by atoms with Crippen molar-refractivity contribution in [1.29, 1.82) is 0 Å². The third-order valence-electron chi connectivity index (χ3n) is 6.04. The van der Waals surface area contributed by atoms with Gasteiger partial charge in [0, 0.05) is 12.8 Å². The quantitative estimate of drug-likeness (QED) is 0.517. The van der Waals surface area contributed by atoms with Gasteiger partial charge in [0.1, 0.15) is 5.82 Å². The number of carboxylic acids is 1. The number of benzene rings is 2. The molecule has 1 aliphatic rings. The van der Waals surface area contributed by atoms with Gasteiger partial charge in [-0.3, -0.25) is 0 Å². The molecule has 0 aliphatic heterocycles. The van der Waals surface area contributed by atoms with E-state index in [1.165, 1.54) is 32.1 Å². The average molecular weight is 418 g/mol. The number of aromatic nitrogens is 3. The lowest BCUT2D eigenvalue weighted by Gasteiger charge is -2.23. The fraction of sp³-hybridized carbons (Fsp3) is 0.423. The molecule has 0 unspecified atom stereocenters. The van der Waals surface area contributed by atoms with Crippen molar-refractivity contribution in [2.45, 2.75) is 64.8 Å².